The molecule has 3 fully saturated rings. The SMILES string of the molecule is CC(C)Oc1nc2nc(C34COC(C3)C4)cn2cc1C(=O)O. The zero-order chi connectivity index (χ0) is 15.5. The summed E-state index contributed by atoms with van der Waals surface area (Å²) in [4.78, 5) is 20.3. The Morgan fingerprint density at radius 2 is 2.23 bits per heavy atom. The van der Waals surface area contributed by atoms with Crippen LogP contribution in [0, 0.1) is 0 Å². The van der Waals surface area contributed by atoms with Gasteiger partial charge in [-0.05, 0) is 26.7 Å². The largest absolute Gasteiger partial charge is 0.477 e. The maximum Gasteiger partial charge on any atom is 0.342 e. The van der Waals surface area contributed by atoms with Crippen molar-refractivity contribution in [1.82, 2.24) is 14.4 Å². The lowest BCUT2D eigenvalue weighted by atomic mass is 9.68. The normalized spacial score (nSPS) is 26.4. The van der Waals surface area contributed by atoms with Crippen LogP contribution in [0.5, 0.6) is 5.88 Å². The van der Waals surface area contributed by atoms with Crippen LogP contribution < -0.4 is 4.74 Å². The third-order valence-electron chi connectivity index (χ3n) is 4.37. The molecule has 0 unspecified atom stereocenters. The number of ether oxygens (including phenoxy) is 2. The van der Waals surface area contributed by atoms with Crippen LogP contribution >= 0.6 is 0 Å². The lowest BCUT2D eigenvalue weighted by molar-refractivity contribution is 0.0688. The smallest absolute Gasteiger partial charge is 0.342 e. The maximum absolute atomic E-state index is 11.4. The first-order chi connectivity index (χ1) is 10.5. The van der Waals surface area contributed by atoms with E-state index >= 15 is 0 Å². The van der Waals surface area contributed by atoms with E-state index in [0.717, 1.165) is 18.5 Å². The molecule has 3 aliphatic rings. The van der Waals surface area contributed by atoms with Gasteiger partial charge in [-0.15, -0.1) is 0 Å². The molecule has 116 valence electrons. The summed E-state index contributed by atoms with van der Waals surface area (Å²) >= 11 is 0. The predicted molar refractivity (Wildman–Crippen MR) is 76.4 cm³/mol. The van der Waals surface area contributed by atoms with Gasteiger partial charge >= 0.3 is 5.97 Å². The molecule has 1 N–H and O–H groups in total. The maximum atomic E-state index is 11.4. The van der Waals surface area contributed by atoms with Gasteiger partial charge in [0.25, 0.3) is 0 Å². The van der Waals surface area contributed by atoms with E-state index in [2.05, 4.69) is 9.97 Å². The van der Waals surface area contributed by atoms with Crippen molar-refractivity contribution in [2.24, 2.45) is 0 Å². The summed E-state index contributed by atoms with van der Waals surface area (Å²) in [6, 6.07) is 0. The summed E-state index contributed by atoms with van der Waals surface area (Å²) in [5, 5.41) is 9.34. The summed E-state index contributed by atoms with van der Waals surface area (Å²) < 4.78 is 12.8. The van der Waals surface area contributed by atoms with Crippen LogP contribution in [-0.4, -0.2) is 44.3 Å². The first kappa shape index (κ1) is 13.5. The average Bonchev–Trinajstić information content (AvgIpc) is 3.08. The van der Waals surface area contributed by atoms with Gasteiger partial charge in [-0.1, -0.05) is 0 Å². The van der Waals surface area contributed by atoms with Gasteiger partial charge in [0.15, 0.2) is 0 Å². The van der Waals surface area contributed by atoms with E-state index in [1.165, 1.54) is 6.20 Å². The molecule has 7 heteroatoms. The van der Waals surface area contributed by atoms with Gasteiger partial charge in [0.05, 0.1) is 24.5 Å². The van der Waals surface area contributed by atoms with Crippen molar-refractivity contribution in [2.45, 2.75) is 44.3 Å². The molecular weight excluding hydrogens is 286 g/mol. The van der Waals surface area contributed by atoms with E-state index in [-0.39, 0.29) is 23.0 Å². The summed E-state index contributed by atoms with van der Waals surface area (Å²) in [6.07, 6.45) is 5.54. The van der Waals surface area contributed by atoms with E-state index in [0.29, 0.717) is 18.5 Å². The van der Waals surface area contributed by atoms with Crippen LogP contribution in [0.4, 0.5) is 0 Å². The second-order valence-corrected chi connectivity index (χ2v) is 6.39. The molecule has 0 radical (unpaired) electrons. The second-order valence-electron chi connectivity index (χ2n) is 6.39. The molecule has 1 saturated carbocycles. The third kappa shape index (κ3) is 1.89. The molecule has 5 rings (SSSR count). The number of hydrogen-bond donors (Lipinski definition) is 1. The lowest BCUT2D eigenvalue weighted by Gasteiger charge is -2.33. The molecule has 4 heterocycles. The third-order valence-corrected chi connectivity index (χ3v) is 4.37. The van der Waals surface area contributed by atoms with Crippen LogP contribution in [-0.2, 0) is 10.2 Å². The number of carboxylic acids is 1. The Kier molecular flexibility index (Phi) is 2.72. The number of hydrogen-bond acceptors (Lipinski definition) is 5. The Hall–Kier alpha value is -2.15. The van der Waals surface area contributed by atoms with E-state index in [1.54, 1.807) is 4.40 Å². The predicted octanol–water partition coefficient (Wildman–Crippen LogP) is 1.65. The number of nitrogens with zero attached hydrogens (tertiary/aromatic N) is 3. The van der Waals surface area contributed by atoms with Crippen LogP contribution in [0.15, 0.2) is 12.4 Å². The second kappa shape index (κ2) is 4.42. The monoisotopic (exact) mass is 303 g/mol. The van der Waals surface area contributed by atoms with Gasteiger partial charge in [0, 0.05) is 17.8 Å². The van der Waals surface area contributed by atoms with Gasteiger partial charge < -0.3 is 14.6 Å². The average molecular weight is 303 g/mol. The minimum Gasteiger partial charge on any atom is -0.477 e. The minimum absolute atomic E-state index is 0.0131. The van der Waals surface area contributed by atoms with Crippen LogP contribution in [0.3, 0.4) is 0 Å². The van der Waals surface area contributed by atoms with Crippen LogP contribution in [0.25, 0.3) is 5.78 Å². The fraction of sp³-hybridized carbons (Fsp3) is 0.533. The van der Waals surface area contributed by atoms with Gasteiger partial charge in [-0.3, -0.25) is 4.40 Å². The Balaban J connectivity index is 1.80. The molecule has 0 spiro atoms. The standard InChI is InChI=1S/C15H17N3O4/c1-8(2)22-12-10(13(19)20)5-18-6-11(16-14(18)17-12)15-3-9(4-15)21-7-15/h5-6,8-9H,3-4,7H2,1-2H3,(H,19,20). The van der Waals surface area contributed by atoms with Crippen molar-refractivity contribution in [3.05, 3.63) is 23.7 Å². The van der Waals surface area contributed by atoms with E-state index in [4.69, 9.17) is 9.47 Å². The lowest BCUT2D eigenvalue weighted by Crippen LogP contribution is -2.37. The van der Waals surface area contributed by atoms with E-state index < -0.39 is 5.97 Å². The number of aromatic carboxylic acids is 1. The van der Waals surface area contributed by atoms with Crippen LogP contribution in [0.1, 0.15) is 42.7 Å². The van der Waals surface area contributed by atoms with Crippen molar-refractivity contribution in [1.29, 1.82) is 0 Å². The zero-order valence-corrected chi connectivity index (χ0v) is 12.4. The van der Waals surface area contributed by atoms with Gasteiger partial charge in [0.1, 0.15) is 5.56 Å². The number of carboxylic acid groups (broad SMARTS) is 1. The number of imidazole rings is 1. The Morgan fingerprint density at radius 1 is 1.45 bits per heavy atom. The molecule has 0 amide bonds. The molecule has 0 aromatic carbocycles. The molecule has 7 nitrogen and oxygen atoms in total. The van der Waals surface area contributed by atoms with Crippen LogP contribution in [0.2, 0.25) is 0 Å². The summed E-state index contributed by atoms with van der Waals surface area (Å²) in [6.45, 7) is 4.35. The van der Waals surface area contributed by atoms with Crippen molar-refractivity contribution in [3.63, 3.8) is 0 Å². The van der Waals surface area contributed by atoms with Gasteiger partial charge in [0.2, 0.25) is 11.7 Å². The van der Waals surface area contributed by atoms with Gasteiger partial charge in [-0.25, -0.2) is 9.78 Å². The topological polar surface area (TPSA) is 86.0 Å². The summed E-state index contributed by atoms with van der Waals surface area (Å²) in [5.74, 6) is -0.495. The van der Waals surface area contributed by atoms with Crippen molar-refractivity contribution in [3.8, 4) is 5.88 Å². The minimum atomic E-state index is -1.06. The molecule has 2 aromatic heterocycles. The number of fused-ring (bicyclic) bond motifs is 2. The van der Waals surface area contributed by atoms with Gasteiger partial charge in [-0.2, -0.15) is 4.98 Å². The number of aromatic nitrogens is 3. The molecular formula is C15H17N3O4. The van der Waals surface area contributed by atoms with Crippen molar-refractivity contribution < 1.29 is 19.4 Å². The highest BCUT2D eigenvalue weighted by Gasteiger charge is 2.54. The highest BCUT2D eigenvalue weighted by atomic mass is 16.5. The van der Waals surface area contributed by atoms with Crippen molar-refractivity contribution >= 4 is 11.7 Å². The summed E-state index contributed by atoms with van der Waals surface area (Å²) in [5.41, 5.74) is 0.949. The van der Waals surface area contributed by atoms with Crippen molar-refractivity contribution in [2.75, 3.05) is 6.61 Å². The molecule has 0 atom stereocenters. The van der Waals surface area contributed by atoms with E-state index in [9.17, 15) is 9.90 Å². The zero-order valence-electron chi connectivity index (χ0n) is 12.4. The first-order valence-corrected chi connectivity index (χ1v) is 7.39. The highest BCUT2D eigenvalue weighted by Crippen LogP contribution is 2.51. The Labute approximate surface area is 126 Å². The Bertz CT molecular complexity index is 756. The molecule has 22 heavy (non-hydrogen) atoms. The highest BCUT2D eigenvalue weighted by molar-refractivity contribution is 5.90. The molecule has 2 saturated heterocycles. The first-order valence-electron chi connectivity index (χ1n) is 7.39. The quantitative estimate of drug-likeness (QED) is 0.924. The molecule has 1 aliphatic carbocycles. The Morgan fingerprint density at radius 3 is 2.82 bits per heavy atom. The number of carbonyl (C=O) groups is 1. The fourth-order valence-electron chi connectivity index (χ4n) is 3.23. The molecule has 2 aliphatic heterocycles. The molecule has 2 bridgehead atoms. The summed E-state index contributed by atoms with van der Waals surface area (Å²) in [7, 11) is 0. The fourth-order valence-corrected chi connectivity index (χ4v) is 3.23. The number of rotatable bonds is 4. The molecule has 2 aromatic rings. The van der Waals surface area contributed by atoms with E-state index in [1.807, 2.05) is 20.0 Å².